The summed E-state index contributed by atoms with van der Waals surface area (Å²) in [4.78, 5) is 4.83. The standard InChI is InChI=1S/C14H22BrN3/c1-11-4-5-12(8-14(11)15)18-7-3-6-17(2)13(9-16)10-18/h4-5,8,13H,3,6-7,9-10,16H2,1-2H3. The van der Waals surface area contributed by atoms with Crippen LogP contribution in [-0.4, -0.2) is 44.2 Å². The molecule has 3 nitrogen and oxygen atoms in total. The van der Waals surface area contributed by atoms with E-state index in [1.54, 1.807) is 0 Å². The van der Waals surface area contributed by atoms with Gasteiger partial charge in [0.05, 0.1) is 0 Å². The van der Waals surface area contributed by atoms with Crippen molar-refractivity contribution in [1.29, 1.82) is 0 Å². The Kier molecular flexibility index (Phi) is 4.65. The van der Waals surface area contributed by atoms with E-state index in [0.717, 1.165) is 26.2 Å². The van der Waals surface area contributed by atoms with E-state index in [4.69, 9.17) is 5.73 Å². The second-order valence-corrected chi connectivity index (χ2v) is 5.96. The molecule has 100 valence electrons. The van der Waals surface area contributed by atoms with Crippen LogP contribution in [0.1, 0.15) is 12.0 Å². The van der Waals surface area contributed by atoms with Crippen LogP contribution in [0.2, 0.25) is 0 Å². The fourth-order valence-electron chi connectivity index (χ4n) is 2.45. The lowest BCUT2D eigenvalue weighted by molar-refractivity contribution is 0.266. The van der Waals surface area contributed by atoms with Crippen LogP contribution >= 0.6 is 15.9 Å². The molecule has 0 saturated carbocycles. The highest BCUT2D eigenvalue weighted by Crippen LogP contribution is 2.25. The summed E-state index contributed by atoms with van der Waals surface area (Å²) in [6.07, 6.45) is 1.19. The highest BCUT2D eigenvalue weighted by molar-refractivity contribution is 9.10. The zero-order valence-corrected chi connectivity index (χ0v) is 12.8. The number of likely N-dealkylation sites (N-methyl/N-ethyl adjacent to an activating group) is 1. The normalized spacial score (nSPS) is 22.0. The molecule has 1 aromatic rings. The second kappa shape index (κ2) is 6.04. The topological polar surface area (TPSA) is 32.5 Å². The van der Waals surface area contributed by atoms with E-state index >= 15 is 0 Å². The number of rotatable bonds is 2. The van der Waals surface area contributed by atoms with Crippen molar-refractivity contribution in [2.45, 2.75) is 19.4 Å². The van der Waals surface area contributed by atoms with Crippen LogP contribution in [-0.2, 0) is 0 Å². The van der Waals surface area contributed by atoms with Crippen LogP contribution in [0.4, 0.5) is 5.69 Å². The lowest BCUT2D eigenvalue weighted by Gasteiger charge is -2.29. The van der Waals surface area contributed by atoms with Crippen molar-refractivity contribution in [2.24, 2.45) is 5.73 Å². The number of halogens is 1. The molecule has 1 aliphatic rings. The molecule has 1 aromatic carbocycles. The van der Waals surface area contributed by atoms with Crippen LogP contribution in [0.3, 0.4) is 0 Å². The zero-order valence-electron chi connectivity index (χ0n) is 11.2. The Morgan fingerprint density at radius 2 is 2.17 bits per heavy atom. The molecule has 0 aromatic heterocycles. The van der Waals surface area contributed by atoms with Crippen molar-refractivity contribution in [3.8, 4) is 0 Å². The molecular weight excluding hydrogens is 290 g/mol. The van der Waals surface area contributed by atoms with Gasteiger partial charge in [0.1, 0.15) is 0 Å². The molecule has 0 bridgehead atoms. The van der Waals surface area contributed by atoms with Gasteiger partial charge in [-0.15, -0.1) is 0 Å². The van der Waals surface area contributed by atoms with Crippen LogP contribution < -0.4 is 10.6 Å². The zero-order chi connectivity index (χ0) is 13.1. The van der Waals surface area contributed by atoms with Gasteiger partial charge in [-0.25, -0.2) is 0 Å². The Morgan fingerprint density at radius 1 is 1.39 bits per heavy atom. The molecule has 18 heavy (non-hydrogen) atoms. The molecule has 0 aliphatic carbocycles. The Balaban J connectivity index is 2.18. The summed E-state index contributed by atoms with van der Waals surface area (Å²) in [5.74, 6) is 0. The first-order valence-electron chi connectivity index (χ1n) is 6.53. The third-order valence-corrected chi connectivity index (χ3v) is 4.64. The molecule has 0 amide bonds. The minimum Gasteiger partial charge on any atom is -0.370 e. The number of benzene rings is 1. The van der Waals surface area contributed by atoms with Gasteiger partial charge in [0.25, 0.3) is 0 Å². The summed E-state index contributed by atoms with van der Waals surface area (Å²) in [5.41, 5.74) is 8.45. The molecular formula is C14H22BrN3. The Labute approximate surface area is 118 Å². The summed E-state index contributed by atoms with van der Waals surface area (Å²) in [5, 5.41) is 0. The van der Waals surface area contributed by atoms with E-state index in [1.165, 1.54) is 22.1 Å². The highest BCUT2D eigenvalue weighted by Gasteiger charge is 2.21. The fourth-order valence-corrected chi connectivity index (χ4v) is 2.81. The number of anilines is 1. The molecule has 2 rings (SSSR count). The van der Waals surface area contributed by atoms with Crippen molar-refractivity contribution < 1.29 is 0 Å². The minimum absolute atomic E-state index is 0.451. The number of aryl methyl sites for hydroxylation is 1. The van der Waals surface area contributed by atoms with Crippen LogP contribution in [0.15, 0.2) is 22.7 Å². The highest BCUT2D eigenvalue weighted by atomic mass is 79.9. The second-order valence-electron chi connectivity index (χ2n) is 5.10. The minimum atomic E-state index is 0.451. The number of nitrogens with zero attached hydrogens (tertiary/aromatic N) is 2. The summed E-state index contributed by atoms with van der Waals surface area (Å²) < 4.78 is 1.18. The average molecular weight is 312 g/mol. The van der Waals surface area contributed by atoms with Crippen molar-refractivity contribution >= 4 is 21.6 Å². The number of hydrogen-bond donors (Lipinski definition) is 1. The summed E-state index contributed by atoms with van der Waals surface area (Å²) in [6.45, 7) is 6.09. The number of nitrogens with two attached hydrogens (primary N) is 1. The molecule has 1 fully saturated rings. The maximum absolute atomic E-state index is 5.88. The molecule has 4 heteroatoms. The average Bonchev–Trinajstić information content (AvgIpc) is 2.54. The summed E-state index contributed by atoms with van der Waals surface area (Å²) in [7, 11) is 2.17. The quantitative estimate of drug-likeness (QED) is 0.909. The van der Waals surface area contributed by atoms with Gasteiger partial charge in [-0.3, -0.25) is 0 Å². The van der Waals surface area contributed by atoms with Crippen LogP contribution in [0.25, 0.3) is 0 Å². The van der Waals surface area contributed by atoms with Crippen molar-refractivity contribution in [2.75, 3.05) is 38.1 Å². The third-order valence-electron chi connectivity index (χ3n) is 3.79. The predicted molar refractivity (Wildman–Crippen MR) is 81.2 cm³/mol. The van der Waals surface area contributed by atoms with Gasteiger partial charge in [-0.05, 0) is 44.6 Å². The van der Waals surface area contributed by atoms with E-state index in [0.29, 0.717) is 6.04 Å². The van der Waals surface area contributed by atoms with Gasteiger partial charge in [0, 0.05) is 35.8 Å². The van der Waals surface area contributed by atoms with Gasteiger partial charge in [0.2, 0.25) is 0 Å². The monoisotopic (exact) mass is 311 g/mol. The van der Waals surface area contributed by atoms with Crippen molar-refractivity contribution in [3.05, 3.63) is 28.2 Å². The Morgan fingerprint density at radius 3 is 2.83 bits per heavy atom. The first-order valence-corrected chi connectivity index (χ1v) is 7.32. The van der Waals surface area contributed by atoms with Gasteiger partial charge < -0.3 is 15.5 Å². The molecule has 0 spiro atoms. The van der Waals surface area contributed by atoms with Crippen LogP contribution in [0, 0.1) is 6.92 Å². The smallest absolute Gasteiger partial charge is 0.0390 e. The Hall–Kier alpha value is -0.580. The van der Waals surface area contributed by atoms with Gasteiger partial charge in [-0.2, -0.15) is 0 Å². The maximum atomic E-state index is 5.88. The first-order chi connectivity index (χ1) is 8.61. The SMILES string of the molecule is Cc1ccc(N2CCCN(C)C(CN)C2)cc1Br. The maximum Gasteiger partial charge on any atom is 0.0390 e. The molecule has 1 heterocycles. The molecule has 1 atom stereocenters. The summed E-state index contributed by atoms with van der Waals surface area (Å²) >= 11 is 3.61. The molecule has 2 N–H and O–H groups in total. The molecule has 0 radical (unpaired) electrons. The van der Waals surface area contributed by atoms with Crippen LogP contribution in [0.5, 0.6) is 0 Å². The Bertz CT molecular complexity index is 408. The summed E-state index contributed by atoms with van der Waals surface area (Å²) in [6, 6.07) is 7.05. The molecule has 1 aliphatic heterocycles. The first kappa shape index (κ1) is 13.8. The lowest BCUT2D eigenvalue weighted by atomic mass is 10.2. The van der Waals surface area contributed by atoms with Gasteiger partial charge >= 0.3 is 0 Å². The van der Waals surface area contributed by atoms with E-state index in [-0.39, 0.29) is 0 Å². The van der Waals surface area contributed by atoms with Crippen molar-refractivity contribution in [1.82, 2.24) is 4.90 Å². The van der Waals surface area contributed by atoms with Crippen molar-refractivity contribution in [3.63, 3.8) is 0 Å². The third kappa shape index (κ3) is 3.05. The van der Waals surface area contributed by atoms with E-state index in [1.807, 2.05) is 0 Å². The number of hydrogen-bond acceptors (Lipinski definition) is 3. The largest absolute Gasteiger partial charge is 0.370 e. The fraction of sp³-hybridized carbons (Fsp3) is 0.571. The van der Waals surface area contributed by atoms with E-state index in [9.17, 15) is 0 Å². The molecule has 1 unspecified atom stereocenters. The predicted octanol–water partition coefficient (Wildman–Crippen LogP) is 2.23. The van der Waals surface area contributed by atoms with Gasteiger partial charge in [0.15, 0.2) is 0 Å². The van der Waals surface area contributed by atoms with Gasteiger partial charge in [-0.1, -0.05) is 22.0 Å². The van der Waals surface area contributed by atoms with E-state index in [2.05, 4.69) is 57.9 Å². The molecule has 1 saturated heterocycles. The van der Waals surface area contributed by atoms with E-state index < -0.39 is 0 Å². The lowest BCUT2D eigenvalue weighted by Crippen LogP contribution is -2.43.